The number of likely N-dealkylation sites (N-methyl/N-ethyl adjacent to an activating group) is 1. The van der Waals surface area contributed by atoms with E-state index in [-0.39, 0.29) is 31.0 Å². The van der Waals surface area contributed by atoms with Crippen LogP contribution in [0.3, 0.4) is 0 Å². The number of nitrogens with zero attached hydrogens (tertiary/aromatic N) is 1. The van der Waals surface area contributed by atoms with Crippen LogP contribution in [-0.2, 0) is 9.59 Å². The van der Waals surface area contributed by atoms with E-state index < -0.39 is 5.91 Å². The highest BCUT2D eigenvalue weighted by molar-refractivity contribution is 5.80. The Morgan fingerprint density at radius 2 is 1.88 bits per heavy atom. The van der Waals surface area contributed by atoms with Gasteiger partial charge in [0.2, 0.25) is 11.8 Å². The van der Waals surface area contributed by atoms with Crippen LogP contribution in [0.15, 0.2) is 18.2 Å². The van der Waals surface area contributed by atoms with E-state index in [0.717, 1.165) is 17.7 Å². The van der Waals surface area contributed by atoms with Crippen molar-refractivity contribution in [1.29, 1.82) is 0 Å². The van der Waals surface area contributed by atoms with Crippen LogP contribution in [0.25, 0.3) is 0 Å². The van der Waals surface area contributed by atoms with Gasteiger partial charge in [-0.25, -0.2) is 0 Å². The fraction of sp³-hybridized carbons (Fsp3) is 0.556. The zero-order valence-corrected chi connectivity index (χ0v) is 15.1. The summed E-state index contributed by atoms with van der Waals surface area (Å²) in [5, 5.41) is 3.03. The molecule has 7 heteroatoms. The molecule has 0 radical (unpaired) electrons. The second-order valence-corrected chi connectivity index (χ2v) is 6.68. The molecule has 1 aromatic rings. The first kappa shape index (κ1) is 19.1. The monoisotopic (exact) mass is 349 g/mol. The van der Waals surface area contributed by atoms with E-state index in [0.29, 0.717) is 19.0 Å². The molecule has 138 valence electrons. The second kappa shape index (κ2) is 8.71. The Labute approximate surface area is 148 Å². The van der Waals surface area contributed by atoms with Crippen molar-refractivity contribution in [1.82, 2.24) is 10.2 Å². The zero-order valence-electron chi connectivity index (χ0n) is 15.1. The van der Waals surface area contributed by atoms with Crippen molar-refractivity contribution < 1.29 is 19.1 Å². The number of fused-ring (bicyclic) bond motifs is 1. The molecule has 0 spiro atoms. The molecule has 0 bridgehead atoms. The van der Waals surface area contributed by atoms with Crippen LogP contribution in [0.2, 0.25) is 0 Å². The maximum absolute atomic E-state index is 12.3. The van der Waals surface area contributed by atoms with Crippen molar-refractivity contribution in [3.8, 4) is 11.5 Å². The SMILES string of the molecule is CC(C)[C@@H](NC(=O)CN(C)CC(N)=O)c1ccc2c(c1)OCCCO2. The summed E-state index contributed by atoms with van der Waals surface area (Å²) in [4.78, 5) is 24.8. The molecular weight excluding hydrogens is 322 g/mol. The largest absolute Gasteiger partial charge is 0.490 e. The smallest absolute Gasteiger partial charge is 0.234 e. The van der Waals surface area contributed by atoms with Crippen LogP contribution in [0.1, 0.15) is 31.9 Å². The van der Waals surface area contributed by atoms with E-state index in [4.69, 9.17) is 15.2 Å². The van der Waals surface area contributed by atoms with Gasteiger partial charge in [0.1, 0.15) is 0 Å². The van der Waals surface area contributed by atoms with Gasteiger partial charge in [-0.3, -0.25) is 14.5 Å². The highest BCUT2D eigenvalue weighted by atomic mass is 16.5. The highest BCUT2D eigenvalue weighted by Crippen LogP contribution is 2.34. The van der Waals surface area contributed by atoms with E-state index in [1.165, 1.54) is 0 Å². The highest BCUT2D eigenvalue weighted by Gasteiger charge is 2.21. The summed E-state index contributed by atoms with van der Waals surface area (Å²) in [5.74, 6) is 1.01. The molecule has 1 atom stereocenters. The Hall–Kier alpha value is -2.28. The average molecular weight is 349 g/mol. The summed E-state index contributed by atoms with van der Waals surface area (Å²) in [6, 6.07) is 5.60. The third-order valence-corrected chi connectivity index (χ3v) is 3.95. The third kappa shape index (κ3) is 5.63. The maximum Gasteiger partial charge on any atom is 0.234 e. The van der Waals surface area contributed by atoms with Crippen LogP contribution >= 0.6 is 0 Å². The van der Waals surface area contributed by atoms with Crippen molar-refractivity contribution in [3.63, 3.8) is 0 Å². The van der Waals surface area contributed by atoms with E-state index in [9.17, 15) is 9.59 Å². The molecule has 2 amide bonds. The van der Waals surface area contributed by atoms with Crippen LogP contribution in [-0.4, -0.2) is 50.1 Å². The van der Waals surface area contributed by atoms with Crippen molar-refractivity contribution in [2.45, 2.75) is 26.3 Å². The van der Waals surface area contributed by atoms with Gasteiger partial charge >= 0.3 is 0 Å². The van der Waals surface area contributed by atoms with E-state index in [1.54, 1.807) is 11.9 Å². The lowest BCUT2D eigenvalue weighted by atomic mass is 9.95. The molecule has 1 heterocycles. The normalized spacial score (nSPS) is 14.9. The molecule has 0 saturated heterocycles. The standard InChI is InChI=1S/C18H27N3O4/c1-12(2)18(20-17(23)11-21(3)10-16(19)22)13-5-6-14-15(9-13)25-8-4-7-24-14/h5-6,9,12,18H,4,7-8,10-11H2,1-3H3,(H2,19,22)(H,20,23)/t18-/m1/s1. The molecule has 0 aromatic heterocycles. The molecular formula is C18H27N3O4. The van der Waals surface area contributed by atoms with Gasteiger partial charge in [0.25, 0.3) is 0 Å². The molecule has 0 saturated carbocycles. The Morgan fingerprint density at radius 3 is 2.52 bits per heavy atom. The number of carbonyl (C=O) groups excluding carboxylic acids is 2. The molecule has 0 fully saturated rings. The van der Waals surface area contributed by atoms with E-state index >= 15 is 0 Å². The molecule has 2 rings (SSSR count). The number of carbonyl (C=O) groups is 2. The molecule has 25 heavy (non-hydrogen) atoms. The van der Waals surface area contributed by atoms with Crippen molar-refractivity contribution in [2.24, 2.45) is 11.7 Å². The molecule has 3 N–H and O–H groups in total. The first-order valence-electron chi connectivity index (χ1n) is 8.52. The minimum atomic E-state index is -0.460. The summed E-state index contributed by atoms with van der Waals surface area (Å²) in [5.41, 5.74) is 6.11. The number of rotatable bonds is 7. The minimum absolute atomic E-state index is 0.0454. The van der Waals surface area contributed by atoms with Gasteiger partial charge in [-0.1, -0.05) is 19.9 Å². The first-order chi connectivity index (χ1) is 11.9. The predicted octanol–water partition coefficient (Wildman–Crippen LogP) is 1.08. The topological polar surface area (TPSA) is 93.9 Å². The molecule has 1 aliphatic heterocycles. The Balaban J connectivity index is 2.09. The lowest BCUT2D eigenvalue weighted by Crippen LogP contribution is -2.41. The average Bonchev–Trinajstić information content (AvgIpc) is 2.75. The van der Waals surface area contributed by atoms with Crippen molar-refractivity contribution in [3.05, 3.63) is 23.8 Å². The van der Waals surface area contributed by atoms with Crippen LogP contribution in [0.5, 0.6) is 11.5 Å². The second-order valence-electron chi connectivity index (χ2n) is 6.68. The predicted molar refractivity (Wildman–Crippen MR) is 94.5 cm³/mol. The summed E-state index contributed by atoms with van der Waals surface area (Å²) in [7, 11) is 1.68. The number of hydrogen-bond donors (Lipinski definition) is 2. The zero-order chi connectivity index (χ0) is 18.4. The summed E-state index contributed by atoms with van der Waals surface area (Å²) in [6.07, 6.45) is 0.848. The van der Waals surface area contributed by atoms with Gasteiger partial charge in [0.05, 0.1) is 32.3 Å². The Kier molecular flexibility index (Phi) is 6.64. The van der Waals surface area contributed by atoms with Gasteiger partial charge in [-0.2, -0.15) is 0 Å². The van der Waals surface area contributed by atoms with Crippen molar-refractivity contribution in [2.75, 3.05) is 33.4 Å². The third-order valence-electron chi connectivity index (χ3n) is 3.95. The lowest BCUT2D eigenvalue weighted by Gasteiger charge is -2.25. The Morgan fingerprint density at radius 1 is 1.20 bits per heavy atom. The number of nitrogens with two attached hydrogens (primary N) is 1. The van der Waals surface area contributed by atoms with Gasteiger partial charge in [-0.15, -0.1) is 0 Å². The molecule has 1 aliphatic rings. The number of nitrogens with one attached hydrogen (secondary N) is 1. The fourth-order valence-electron chi connectivity index (χ4n) is 2.79. The quantitative estimate of drug-likeness (QED) is 0.768. The minimum Gasteiger partial charge on any atom is -0.490 e. The summed E-state index contributed by atoms with van der Waals surface area (Å²) >= 11 is 0. The number of primary amides is 1. The van der Waals surface area contributed by atoms with Gasteiger partial charge in [-0.05, 0) is 30.7 Å². The first-order valence-corrected chi connectivity index (χ1v) is 8.52. The molecule has 0 unspecified atom stereocenters. The van der Waals surface area contributed by atoms with E-state index in [2.05, 4.69) is 5.32 Å². The Bertz CT molecular complexity index is 618. The maximum atomic E-state index is 12.3. The molecule has 7 nitrogen and oxygen atoms in total. The lowest BCUT2D eigenvalue weighted by molar-refractivity contribution is -0.124. The number of ether oxygens (including phenoxy) is 2. The number of benzene rings is 1. The molecule has 1 aromatic carbocycles. The van der Waals surface area contributed by atoms with Crippen LogP contribution in [0, 0.1) is 5.92 Å². The van der Waals surface area contributed by atoms with Crippen LogP contribution in [0.4, 0.5) is 0 Å². The summed E-state index contributed by atoms with van der Waals surface area (Å²) in [6.45, 7) is 5.50. The van der Waals surface area contributed by atoms with Crippen molar-refractivity contribution >= 4 is 11.8 Å². The van der Waals surface area contributed by atoms with Gasteiger partial charge in [0.15, 0.2) is 11.5 Å². The molecule has 0 aliphatic carbocycles. The number of amides is 2. The van der Waals surface area contributed by atoms with Gasteiger partial charge < -0.3 is 20.5 Å². The van der Waals surface area contributed by atoms with Gasteiger partial charge in [0, 0.05) is 6.42 Å². The number of hydrogen-bond acceptors (Lipinski definition) is 5. The fourth-order valence-corrected chi connectivity index (χ4v) is 2.79. The summed E-state index contributed by atoms with van der Waals surface area (Å²) < 4.78 is 11.4. The van der Waals surface area contributed by atoms with E-state index in [1.807, 2.05) is 32.0 Å². The van der Waals surface area contributed by atoms with Crippen LogP contribution < -0.4 is 20.5 Å².